The van der Waals surface area contributed by atoms with E-state index in [0.29, 0.717) is 0 Å². The molecule has 0 bridgehead atoms. The molecule has 5 nitrogen and oxygen atoms in total. The molecule has 1 aliphatic heterocycles. The second-order valence-corrected chi connectivity index (χ2v) is 2.44. The van der Waals surface area contributed by atoms with Crippen molar-refractivity contribution in [1.29, 1.82) is 0 Å². The van der Waals surface area contributed by atoms with Gasteiger partial charge in [-0.25, -0.2) is 0 Å². The van der Waals surface area contributed by atoms with E-state index in [9.17, 15) is 5.11 Å². The fourth-order valence-electron chi connectivity index (χ4n) is 1.12. The highest BCUT2D eigenvalue weighted by Gasteiger charge is 2.42. The van der Waals surface area contributed by atoms with Crippen LogP contribution in [-0.2, 0) is 9.47 Å². The minimum atomic E-state index is -1.15. The summed E-state index contributed by atoms with van der Waals surface area (Å²) >= 11 is 0. The topological polar surface area (TPSA) is 79.2 Å². The van der Waals surface area contributed by atoms with Gasteiger partial charge in [0, 0.05) is 7.11 Å². The first kappa shape index (κ1) is 8.89. The summed E-state index contributed by atoms with van der Waals surface area (Å²) in [4.78, 5) is 0. The smallest absolute Gasteiger partial charge is 0.184 e. The van der Waals surface area contributed by atoms with Crippen LogP contribution < -0.4 is 0 Å². The lowest BCUT2D eigenvalue weighted by molar-refractivity contribution is -0.139. The molecule has 1 aliphatic rings. The van der Waals surface area contributed by atoms with E-state index in [1.807, 2.05) is 0 Å². The molecule has 0 unspecified atom stereocenters. The van der Waals surface area contributed by atoms with Gasteiger partial charge in [-0.1, -0.05) is 0 Å². The molecule has 0 aliphatic carbocycles. The van der Waals surface area contributed by atoms with E-state index in [-0.39, 0.29) is 6.61 Å². The van der Waals surface area contributed by atoms with Gasteiger partial charge >= 0.3 is 0 Å². The van der Waals surface area contributed by atoms with E-state index in [4.69, 9.17) is 19.7 Å². The van der Waals surface area contributed by atoms with Crippen LogP contribution >= 0.6 is 0 Å². The fourth-order valence-corrected chi connectivity index (χ4v) is 1.12. The number of hydrogen-bond donors (Lipinski definition) is 3. The Kier molecular flexibility index (Phi) is 2.80. The number of methoxy groups -OCH3 is 1. The Morgan fingerprint density at radius 1 is 1.45 bits per heavy atom. The Morgan fingerprint density at radius 3 is 2.36 bits per heavy atom. The highest BCUT2D eigenvalue weighted by molar-refractivity contribution is 4.86. The van der Waals surface area contributed by atoms with E-state index >= 15 is 0 Å². The molecule has 1 heterocycles. The average Bonchev–Trinajstić information content (AvgIpc) is 2.26. The van der Waals surface area contributed by atoms with Gasteiger partial charge in [0.1, 0.15) is 18.3 Å². The third-order valence-electron chi connectivity index (χ3n) is 1.76. The van der Waals surface area contributed by atoms with E-state index in [0.717, 1.165) is 0 Å². The van der Waals surface area contributed by atoms with Gasteiger partial charge in [-0.05, 0) is 0 Å². The van der Waals surface area contributed by atoms with Crippen LogP contribution in [0.25, 0.3) is 0 Å². The Bertz CT molecular complexity index is 128. The molecule has 0 aromatic heterocycles. The SMILES string of the molecule is CO[C@@H]1[C@@H](O)[C@@H](CO)O[C@@H]1O. The maximum atomic E-state index is 9.25. The van der Waals surface area contributed by atoms with Crippen molar-refractivity contribution in [3.8, 4) is 0 Å². The van der Waals surface area contributed by atoms with Gasteiger partial charge < -0.3 is 24.8 Å². The van der Waals surface area contributed by atoms with E-state index in [1.54, 1.807) is 0 Å². The highest BCUT2D eigenvalue weighted by atomic mass is 16.7. The molecule has 1 fully saturated rings. The lowest BCUT2D eigenvalue weighted by atomic mass is 10.1. The van der Waals surface area contributed by atoms with Crippen molar-refractivity contribution in [3.05, 3.63) is 0 Å². The van der Waals surface area contributed by atoms with Gasteiger partial charge in [0.05, 0.1) is 6.61 Å². The molecule has 0 aromatic carbocycles. The second-order valence-electron chi connectivity index (χ2n) is 2.44. The Hall–Kier alpha value is -0.200. The largest absolute Gasteiger partial charge is 0.394 e. The first-order chi connectivity index (χ1) is 5.20. The fraction of sp³-hybridized carbons (Fsp3) is 1.00. The summed E-state index contributed by atoms with van der Waals surface area (Å²) in [5, 5.41) is 26.9. The van der Waals surface area contributed by atoms with Crippen LogP contribution in [0.1, 0.15) is 0 Å². The molecule has 66 valence electrons. The monoisotopic (exact) mass is 164 g/mol. The molecule has 0 spiro atoms. The zero-order valence-electron chi connectivity index (χ0n) is 6.17. The molecule has 0 amide bonds. The summed E-state index contributed by atoms with van der Waals surface area (Å²) in [6.07, 6.45) is -3.60. The van der Waals surface area contributed by atoms with Crippen LogP contribution in [0.3, 0.4) is 0 Å². The van der Waals surface area contributed by atoms with Crippen LogP contribution in [0.5, 0.6) is 0 Å². The number of rotatable bonds is 2. The predicted molar refractivity (Wildman–Crippen MR) is 34.8 cm³/mol. The molecule has 4 atom stereocenters. The molecule has 0 radical (unpaired) electrons. The van der Waals surface area contributed by atoms with Crippen molar-refractivity contribution in [2.45, 2.75) is 24.6 Å². The van der Waals surface area contributed by atoms with E-state index in [1.165, 1.54) is 7.11 Å². The first-order valence-electron chi connectivity index (χ1n) is 3.36. The Morgan fingerprint density at radius 2 is 2.09 bits per heavy atom. The van der Waals surface area contributed by atoms with Crippen molar-refractivity contribution in [2.75, 3.05) is 13.7 Å². The normalized spacial score (nSPS) is 44.7. The quantitative estimate of drug-likeness (QED) is 0.443. The first-order valence-corrected chi connectivity index (χ1v) is 3.36. The van der Waals surface area contributed by atoms with Crippen LogP contribution in [0.4, 0.5) is 0 Å². The van der Waals surface area contributed by atoms with Gasteiger partial charge in [-0.3, -0.25) is 0 Å². The summed E-state index contributed by atoms with van der Waals surface area (Å²) in [5.41, 5.74) is 0. The molecule has 1 saturated heterocycles. The summed E-state index contributed by atoms with van der Waals surface area (Å²) in [5.74, 6) is 0. The third kappa shape index (κ3) is 1.52. The summed E-state index contributed by atoms with van der Waals surface area (Å²) in [6, 6.07) is 0. The molecule has 0 aromatic rings. The van der Waals surface area contributed by atoms with Crippen LogP contribution in [-0.4, -0.2) is 53.6 Å². The third-order valence-corrected chi connectivity index (χ3v) is 1.76. The zero-order valence-corrected chi connectivity index (χ0v) is 6.17. The highest BCUT2D eigenvalue weighted by Crippen LogP contribution is 2.21. The van der Waals surface area contributed by atoms with Crippen molar-refractivity contribution in [3.63, 3.8) is 0 Å². The minimum absolute atomic E-state index is 0.321. The van der Waals surface area contributed by atoms with Gasteiger partial charge in [-0.15, -0.1) is 0 Å². The maximum absolute atomic E-state index is 9.25. The maximum Gasteiger partial charge on any atom is 0.184 e. The summed E-state index contributed by atoms with van der Waals surface area (Å²) in [6.45, 7) is -0.321. The summed E-state index contributed by atoms with van der Waals surface area (Å²) < 4.78 is 9.49. The van der Waals surface area contributed by atoms with Crippen LogP contribution in [0, 0.1) is 0 Å². The van der Waals surface area contributed by atoms with E-state index in [2.05, 4.69) is 0 Å². The van der Waals surface area contributed by atoms with Crippen molar-refractivity contribution in [1.82, 2.24) is 0 Å². The number of hydrogen-bond acceptors (Lipinski definition) is 5. The van der Waals surface area contributed by atoms with Gasteiger partial charge in [0.15, 0.2) is 6.29 Å². The van der Waals surface area contributed by atoms with Crippen molar-refractivity contribution >= 4 is 0 Å². The predicted octanol–water partition coefficient (Wildman–Crippen LogP) is -1.93. The summed E-state index contributed by atoms with van der Waals surface area (Å²) in [7, 11) is 1.36. The zero-order chi connectivity index (χ0) is 8.43. The number of aliphatic hydroxyl groups is 3. The van der Waals surface area contributed by atoms with Crippen LogP contribution in [0.15, 0.2) is 0 Å². The molecule has 5 heteroatoms. The minimum Gasteiger partial charge on any atom is -0.394 e. The Balaban J connectivity index is 2.55. The van der Waals surface area contributed by atoms with Gasteiger partial charge in [0.25, 0.3) is 0 Å². The lowest BCUT2D eigenvalue weighted by Crippen LogP contribution is -2.35. The molecule has 11 heavy (non-hydrogen) atoms. The average molecular weight is 164 g/mol. The Labute approximate surface area is 64.2 Å². The van der Waals surface area contributed by atoms with Gasteiger partial charge in [0.2, 0.25) is 0 Å². The standard InChI is InChI=1S/C6H12O5/c1-10-5-4(8)3(2-7)11-6(5)9/h3-9H,2H2,1H3/t3-,4+,5-,6+/m1/s1. The molecule has 0 saturated carbocycles. The number of aliphatic hydroxyl groups excluding tert-OH is 3. The second kappa shape index (κ2) is 3.46. The molecule has 3 N–H and O–H groups in total. The lowest BCUT2D eigenvalue weighted by Gasteiger charge is -2.14. The molecular formula is C6H12O5. The number of ether oxygens (including phenoxy) is 2. The molecule has 1 rings (SSSR count). The van der Waals surface area contributed by atoms with Crippen LogP contribution in [0.2, 0.25) is 0 Å². The van der Waals surface area contributed by atoms with Crippen molar-refractivity contribution < 1.29 is 24.8 Å². The van der Waals surface area contributed by atoms with E-state index < -0.39 is 24.6 Å². The van der Waals surface area contributed by atoms with Crippen molar-refractivity contribution in [2.24, 2.45) is 0 Å². The van der Waals surface area contributed by atoms with Gasteiger partial charge in [-0.2, -0.15) is 0 Å². The molecular weight excluding hydrogens is 152 g/mol.